The molecule has 1 rings (SSSR count). The van der Waals surface area contributed by atoms with E-state index in [1.807, 2.05) is 6.92 Å². The van der Waals surface area contributed by atoms with E-state index in [0.717, 1.165) is 6.54 Å². The summed E-state index contributed by atoms with van der Waals surface area (Å²) in [5.41, 5.74) is 0.0634. The fourth-order valence-electron chi connectivity index (χ4n) is 0.833. The molecule has 0 aliphatic carbocycles. The van der Waals surface area contributed by atoms with Crippen LogP contribution in [-0.4, -0.2) is 22.6 Å². The van der Waals surface area contributed by atoms with Crippen molar-refractivity contribution in [2.75, 3.05) is 11.9 Å². The molecule has 1 heterocycles. The normalized spacial score (nSPS) is 9.42. The number of nitrogens with zero attached hydrogens (tertiary/aromatic N) is 1. The van der Waals surface area contributed by atoms with Gasteiger partial charge in [-0.1, -0.05) is 6.07 Å². The van der Waals surface area contributed by atoms with Gasteiger partial charge in [-0.2, -0.15) is 0 Å². The molecule has 0 saturated carbocycles. The van der Waals surface area contributed by atoms with Crippen molar-refractivity contribution in [2.45, 2.75) is 6.92 Å². The van der Waals surface area contributed by atoms with Crippen LogP contribution in [0.25, 0.3) is 0 Å². The van der Waals surface area contributed by atoms with Crippen LogP contribution < -0.4 is 5.32 Å². The van der Waals surface area contributed by atoms with Gasteiger partial charge in [-0.3, -0.25) is 0 Å². The molecule has 0 aliphatic heterocycles. The predicted octanol–water partition coefficient (Wildman–Crippen LogP) is 1.21. The Kier molecular flexibility index (Phi) is 2.63. The second kappa shape index (κ2) is 3.71. The van der Waals surface area contributed by atoms with E-state index < -0.39 is 5.97 Å². The summed E-state index contributed by atoms with van der Waals surface area (Å²) in [6.45, 7) is 2.66. The Morgan fingerprint density at radius 3 is 3.00 bits per heavy atom. The lowest BCUT2D eigenvalue weighted by atomic mass is 10.3. The highest BCUT2D eigenvalue weighted by Gasteiger charge is 2.03. The molecular weight excluding hydrogens is 156 g/mol. The van der Waals surface area contributed by atoms with Gasteiger partial charge in [0, 0.05) is 6.54 Å². The topological polar surface area (TPSA) is 62.2 Å². The molecule has 0 amide bonds. The van der Waals surface area contributed by atoms with Gasteiger partial charge in [0.25, 0.3) is 0 Å². The number of anilines is 1. The van der Waals surface area contributed by atoms with Gasteiger partial charge in [-0.15, -0.1) is 0 Å². The van der Waals surface area contributed by atoms with E-state index in [4.69, 9.17) is 5.11 Å². The lowest BCUT2D eigenvalue weighted by Gasteiger charge is -2.01. The summed E-state index contributed by atoms with van der Waals surface area (Å²) in [6, 6.07) is 4.85. The van der Waals surface area contributed by atoms with Crippen molar-refractivity contribution in [2.24, 2.45) is 0 Å². The van der Waals surface area contributed by atoms with Crippen LogP contribution in [0.1, 0.15) is 17.4 Å². The lowest BCUT2D eigenvalue weighted by Crippen LogP contribution is -2.04. The third-order valence-electron chi connectivity index (χ3n) is 1.33. The molecule has 1 aromatic heterocycles. The van der Waals surface area contributed by atoms with Gasteiger partial charge in [0.2, 0.25) is 0 Å². The van der Waals surface area contributed by atoms with Gasteiger partial charge in [0.1, 0.15) is 5.82 Å². The van der Waals surface area contributed by atoms with Crippen molar-refractivity contribution < 1.29 is 9.90 Å². The Morgan fingerprint density at radius 1 is 1.67 bits per heavy atom. The predicted molar refractivity (Wildman–Crippen MR) is 45.4 cm³/mol. The molecule has 0 fully saturated rings. The van der Waals surface area contributed by atoms with Crippen LogP contribution in [0, 0.1) is 0 Å². The second-order valence-corrected chi connectivity index (χ2v) is 2.24. The largest absolute Gasteiger partial charge is 0.477 e. The van der Waals surface area contributed by atoms with Crippen LogP contribution >= 0.6 is 0 Å². The van der Waals surface area contributed by atoms with Crippen molar-refractivity contribution >= 4 is 11.8 Å². The zero-order valence-corrected chi connectivity index (χ0v) is 6.74. The second-order valence-electron chi connectivity index (χ2n) is 2.24. The molecule has 4 nitrogen and oxygen atoms in total. The number of aromatic carboxylic acids is 1. The zero-order valence-electron chi connectivity index (χ0n) is 6.74. The van der Waals surface area contributed by atoms with E-state index in [1.54, 1.807) is 12.1 Å². The Morgan fingerprint density at radius 2 is 2.42 bits per heavy atom. The molecule has 0 aliphatic rings. The smallest absolute Gasteiger partial charge is 0.354 e. The Balaban J connectivity index is 2.88. The summed E-state index contributed by atoms with van der Waals surface area (Å²) in [5, 5.41) is 11.5. The average molecular weight is 166 g/mol. The molecule has 2 N–H and O–H groups in total. The third kappa shape index (κ3) is 1.95. The summed E-state index contributed by atoms with van der Waals surface area (Å²) in [7, 11) is 0. The molecule has 0 aromatic carbocycles. The van der Waals surface area contributed by atoms with E-state index in [0.29, 0.717) is 5.82 Å². The van der Waals surface area contributed by atoms with Crippen molar-refractivity contribution in [3.63, 3.8) is 0 Å². The van der Waals surface area contributed by atoms with Gasteiger partial charge < -0.3 is 10.4 Å². The number of carbonyl (C=O) groups is 1. The van der Waals surface area contributed by atoms with Crippen molar-refractivity contribution in [1.29, 1.82) is 0 Å². The number of carboxylic acid groups (broad SMARTS) is 1. The number of pyridine rings is 1. The van der Waals surface area contributed by atoms with E-state index in [-0.39, 0.29) is 5.69 Å². The first-order valence-corrected chi connectivity index (χ1v) is 3.68. The van der Waals surface area contributed by atoms with E-state index in [1.165, 1.54) is 6.07 Å². The molecular formula is C8H10N2O2. The van der Waals surface area contributed by atoms with Crippen LogP contribution in [0.4, 0.5) is 5.82 Å². The van der Waals surface area contributed by atoms with E-state index in [9.17, 15) is 4.79 Å². The standard InChI is InChI=1S/C8H10N2O2/c1-2-9-7-5-3-4-6(10-7)8(11)12/h3-5H,2H2,1H3,(H,9,10)(H,11,12). The first-order chi connectivity index (χ1) is 5.74. The summed E-state index contributed by atoms with van der Waals surface area (Å²) in [4.78, 5) is 14.3. The fourth-order valence-corrected chi connectivity index (χ4v) is 0.833. The molecule has 1 aromatic rings. The number of carboxylic acids is 1. The third-order valence-corrected chi connectivity index (χ3v) is 1.33. The van der Waals surface area contributed by atoms with Crippen LogP contribution in [-0.2, 0) is 0 Å². The highest BCUT2D eigenvalue weighted by atomic mass is 16.4. The van der Waals surface area contributed by atoms with Crippen molar-refractivity contribution in [3.8, 4) is 0 Å². The minimum atomic E-state index is -1.00. The Labute approximate surface area is 70.3 Å². The van der Waals surface area contributed by atoms with Crippen LogP contribution in [0.15, 0.2) is 18.2 Å². The Hall–Kier alpha value is -1.58. The molecule has 4 heteroatoms. The highest BCUT2D eigenvalue weighted by Crippen LogP contribution is 2.03. The maximum absolute atomic E-state index is 10.5. The van der Waals surface area contributed by atoms with Crippen LogP contribution in [0.2, 0.25) is 0 Å². The van der Waals surface area contributed by atoms with Gasteiger partial charge in [-0.05, 0) is 19.1 Å². The number of rotatable bonds is 3. The quantitative estimate of drug-likeness (QED) is 0.708. The van der Waals surface area contributed by atoms with E-state index in [2.05, 4.69) is 10.3 Å². The van der Waals surface area contributed by atoms with Gasteiger partial charge in [-0.25, -0.2) is 9.78 Å². The molecule has 0 spiro atoms. The molecule has 0 atom stereocenters. The summed E-state index contributed by atoms with van der Waals surface area (Å²) < 4.78 is 0. The first-order valence-electron chi connectivity index (χ1n) is 3.68. The summed E-state index contributed by atoms with van der Waals surface area (Å²) in [6.07, 6.45) is 0. The average Bonchev–Trinajstić information content (AvgIpc) is 2.05. The molecule has 12 heavy (non-hydrogen) atoms. The first kappa shape index (κ1) is 8.52. The highest BCUT2D eigenvalue weighted by molar-refractivity contribution is 5.85. The minimum absolute atomic E-state index is 0.0634. The zero-order chi connectivity index (χ0) is 8.97. The van der Waals surface area contributed by atoms with E-state index >= 15 is 0 Å². The Bertz CT molecular complexity index is 286. The van der Waals surface area contributed by atoms with Gasteiger partial charge in [0.05, 0.1) is 0 Å². The number of hydrogen-bond donors (Lipinski definition) is 2. The van der Waals surface area contributed by atoms with Gasteiger partial charge >= 0.3 is 5.97 Å². The summed E-state index contributed by atoms with van der Waals surface area (Å²) in [5.74, 6) is -0.410. The lowest BCUT2D eigenvalue weighted by molar-refractivity contribution is 0.0690. The SMILES string of the molecule is CCNc1cccc(C(=O)O)n1. The monoisotopic (exact) mass is 166 g/mol. The maximum Gasteiger partial charge on any atom is 0.354 e. The maximum atomic E-state index is 10.5. The number of aromatic nitrogens is 1. The minimum Gasteiger partial charge on any atom is -0.477 e. The number of nitrogens with one attached hydrogen (secondary N) is 1. The molecule has 0 unspecified atom stereocenters. The molecule has 64 valence electrons. The molecule has 0 saturated heterocycles. The fraction of sp³-hybridized carbons (Fsp3) is 0.250. The van der Waals surface area contributed by atoms with Crippen molar-refractivity contribution in [3.05, 3.63) is 23.9 Å². The van der Waals surface area contributed by atoms with Gasteiger partial charge in [0.15, 0.2) is 5.69 Å². The van der Waals surface area contributed by atoms with Crippen LogP contribution in [0.3, 0.4) is 0 Å². The van der Waals surface area contributed by atoms with Crippen LogP contribution in [0.5, 0.6) is 0 Å². The molecule has 0 radical (unpaired) electrons. The molecule has 0 bridgehead atoms. The summed E-state index contributed by atoms with van der Waals surface area (Å²) >= 11 is 0. The van der Waals surface area contributed by atoms with Crippen molar-refractivity contribution in [1.82, 2.24) is 4.98 Å². The number of hydrogen-bond acceptors (Lipinski definition) is 3.